The van der Waals surface area contributed by atoms with Crippen molar-refractivity contribution in [2.75, 3.05) is 0 Å². The van der Waals surface area contributed by atoms with Crippen molar-refractivity contribution in [1.82, 2.24) is 4.57 Å². The second-order valence-electron chi connectivity index (χ2n) is 4.80. The predicted octanol–water partition coefficient (Wildman–Crippen LogP) is 5.40. The van der Waals surface area contributed by atoms with Crippen molar-refractivity contribution in [2.24, 2.45) is 0 Å². The van der Waals surface area contributed by atoms with E-state index in [4.69, 9.17) is 0 Å². The Bertz CT molecular complexity index is 778. The summed E-state index contributed by atoms with van der Waals surface area (Å²) in [5, 5.41) is 2.59. The molecule has 3 aromatic rings. The lowest BCUT2D eigenvalue weighted by atomic mass is 10.2. The number of rotatable bonds is 3. The first-order chi connectivity index (χ1) is 9.83. The minimum Gasteiger partial charge on any atom is -0.313 e. The minimum atomic E-state index is 1.19. The highest BCUT2D eigenvalue weighted by Gasteiger charge is 2.09. The van der Waals surface area contributed by atoms with Crippen LogP contribution in [0.25, 0.3) is 27.5 Å². The molecule has 0 N–H and O–H groups in total. The van der Waals surface area contributed by atoms with E-state index in [9.17, 15) is 0 Å². The molecule has 0 bridgehead atoms. The number of fused-ring (bicyclic) bond motifs is 3. The van der Waals surface area contributed by atoms with Crippen LogP contribution in [0.15, 0.2) is 79.4 Å². The topological polar surface area (TPSA) is 4.93 Å². The summed E-state index contributed by atoms with van der Waals surface area (Å²) in [6.07, 6.45) is 7.86. The third-order valence-electron chi connectivity index (χ3n) is 3.52. The predicted molar refractivity (Wildman–Crippen MR) is 88.7 cm³/mol. The molecule has 0 saturated heterocycles. The maximum absolute atomic E-state index is 3.70. The number of benzene rings is 2. The monoisotopic (exact) mass is 259 g/mol. The van der Waals surface area contributed by atoms with Gasteiger partial charge in [-0.2, -0.15) is 0 Å². The molecule has 98 valence electrons. The number of hydrogen-bond acceptors (Lipinski definition) is 0. The van der Waals surface area contributed by atoms with E-state index in [0.717, 1.165) is 0 Å². The average molecular weight is 259 g/mol. The third kappa shape index (κ3) is 1.97. The Labute approximate surface area is 119 Å². The maximum Gasteiger partial charge on any atom is 0.0537 e. The fourth-order valence-electron chi connectivity index (χ4n) is 2.65. The van der Waals surface area contributed by atoms with Crippen LogP contribution in [-0.2, 0) is 0 Å². The molecule has 0 aliphatic heterocycles. The highest BCUT2D eigenvalue weighted by molar-refractivity contribution is 6.09. The summed E-state index contributed by atoms with van der Waals surface area (Å²) in [6, 6.07) is 17.1. The van der Waals surface area contributed by atoms with Gasteiger partial charge in [0, 0.05) is 16.5 Å². The largest absolute Gasteiger partial charge is 0.313 e. The van der Waals surface area contributed by atoms with Crippen LogP contribution in [0.1, 0.15) is 6.92 Å². The van der Waals surface area contributed by atoms with Gasteiger partial charge in [0.25, 0.3) is 0 Å². The van der Waals surface area contributed by atoms with Crippen molar-refractivity contribution in [2.45, 2.75) is 6.92 Å². The number of aromatic nitrogens is 1. The SMILES string of the molecule is C=CC=CC=C(C)n1c2ccccc2c2ccccc21. The zero-order valence-corrected chi connectivity index (χ0v) is 11.6. The van der Waals surface area contributed by atoms with Crippen molar-refractivity contribution >= 4 is 27.5 Å². The Balaban J connectivity index is 2.34. The summed E-state index contributed by atoms with van der Waals surface area (Å²) in [5.41, 5.74) is 3.68. The van der Waals surface area contributed by atoms with Crippen molar-refractivity contribution < 1.29 is 0 Å². The molecule has 0 saturated carbocycles. The van der Waals surface area contributed by atoms with Gasteiger partial charge in [0.15, 0.2) is 0 Å². The molecule has 3 rings (SSSR count). The Kier molecular flexibility index (Phi) is 3.26. The molecule has 0 radical (unpaired) electrons. The lowest BCUT2D eigenvalue weighted by Gasteiger charge is -2.06. The molecule has 20 heavy (non-hydrogen) atoms. The van der Waals surface area contributed by atoms with E-state index in [1.807, 2.05) is 12.2 Å². The number of allylic oxidation sites excluding steroid dienone is 5. The summed E-state index contributed by atoms with van der Waals surface area (Å²) >= 11 is 0. The molecule has 0 aliphatic carbocycles. The smallest absolute Gasteiger partial charge is 0.0537 e. The lowest BCUT2D eigenvalue weighted by Crippen LogP contribution is -1.92. The fraction of sp³-hybridized carbons (Fsp3) is 0.0526. The van der Waals surface area contributed by atoms with Gasteiger partial charge in [-0.3, -0.25) is 0 Å². The zero-order valence-electron chi connectivity index (χ0n) is 11.6. The molecule has 0 atom stereocenters. The second kappa shape index (κ2) is 5.22. The van der Waals surface area contributed by atoms with Gasteiger partial charge in [0.05, 0.1) is 11.0 Å². The summed E-state index contributed by atoms with van der Waals surface area (Å²) < 4.78 is 2.30. The first kappa shape index (κ1) is 12.5. The Morgan fingerprint density at radius 2 is 1.45 bits per heavy atom. The van der Waals surface area contributed by atoms with Gasteiger partial charge in [-0.25, -0.2) is 0 Å². The van der Waals surface area contributed by atoms with E-state index >= 15 is 0 Å². The Morgan fingerprint density at radius 3 is 2.00 bits per heavy atom. The van der Waals surface area contributed by atoms with Crippen LogP contribution in [0.2, 0.25) is 0 Å². The molecule has 1 heterocycles. The van der Waals surface area contributed by atoms with Crippen molar-refractivity contribution in [3.8, 4) is 0 Å². The highest BCUT2D eigenvalue weighted by atomic mass is 15.0. The van der Waals surface area contributed by atoms with Crippen LogP contribution < -0.4 is 0 Å². The van der Waals surface area contributed by atoms with E-state index in [2.05, 4.69) is 72.7 Å². The summed E-state index contributed by atoms with van der Waals surface area (Å²) in [4.78, 5) is 0. The molecule has 0 fully saturated rings. The molecular weight excluding hydrogens is 242 g/mol. The number of para-hydroxylation sites is 2. The van der Waals surface area contributed by atoms with Gasteiger partial charge in [0.2, 0.25) is 0 Å². The van der Waals surface area contributed by atoms with Crippen molar-refractivity contribution in [3.05, 3.63) is 79.4 Å². The minimum absolute atomic E-state index is 1.19. The van der Waals surface area contributed by atoms with Gasteiger partial charge in [-0.15, -0.1) is 0 Å². The number of nitrogens with zero attached hydrogens (tertiary/aromatic N) is 1. The second-order valence-corrected chi connectivity index (χ2v) is 4.80. The molecule has 0 aliphatic rings. The average Bonchev–Trinajstić information content (AvgIpc) is 2.82. The van der Waals surface area contributed by atoms with Gasteiger partial charge in [-0.05, 0) is 25.1 Å². The van der Waals surface area contributed by atoms with Crippen LogP contribution in [0.5, 0.6) is 0 Å². The van der Waals surface area contributed by atoms with Crippen LogP contribution in [-0.4, -0.2) is 4.57 Å². The molecule has 0 unspecified atom stereocenters. The van der Waals surface area contributed by atoms with E-state index < -0.39 is 0 Å². The van der Waals surface area contributed by atoms with Crippen LogP contribution in [0.4, 0.5) is 0 Å². The standard InChI is InChI=1S/C19H17N/c1-3-4-5-10-15(2)20-18-13-8-6-11-16(18)17-12-7-9-14-19(17)20/h3-14H,1H2,2H3. The molecule has 0 amide bonds. The van der Waals surface area contributed by atoms with E-state index in [1.165, 1.54) is 27.5 Å². The molecule has 2 aromatic carbocycles. The quantitative estimate of drug-likeness (QED) is 0.555. The molecular formula is C19H17N. The van der Waals surface area contributed by atoms with E-state index in [-0.39, 0.29) is 0 Å². The fourth-order valence-corrected chi connectivity index (χ4v) is 2.65. The Morgan fingerprint density at radius 1 is 0.900 bits per heavy atom. The Hall–Kier alpha value is -2.54. The third-order valence-corrected chi connectivity index (χ3v) is 3.52. The summed E-state index contributed by atoms with van der Waals surface area (Å²) in [6.45, 7) is 5.83. The first-order valence-electron chi connectivity index (χ1n) is 6.77. The molecule has 1 nitrogen and oxygen atoms in total. The van der Waals surface area contributed by atoms with Crippen molar-refractivity contribution in [1.29, 1.82) is 0 Å². The zero-order chi connectivity index (χ0) is 13.9. The normalized spacial score (nSPS) is 12.6. The van der Waals surface area contributed by atoms with Gasteiger partial charge >= 0.3 is 0 Å². The maximum atomic E-state index is 3.70. The highest BCUT2D eigenvalue weighted by Crippen LogP contribution is 2.31. The van der Waals surface area contributed by atoms with E-state index in [1.54, 1.807) is 6.08 Å². The molecule has 0 spiro atoms. The van der Waals surface area contributed by atoms with Gasteiger partial charge in [-0.1, -0.05) is 61.2 Å². The summed E-state index contributed by atoms with van der Waals surface area (Å²) in [5.74, 6) is 0. The number of hydrogen-bond donors (Lipinski definition) is 0. The van der Waals surface area contributed by atoms with Crippen LogP contribution >= 0.6 is 0 Å². The van der Waals surface area contributed by atoms with Gasteiger partial charge in [0.1, 0.15) is 0 Å². The lowest BCUT2D eigenvalue weighted by molar-refractivity contribution is 1.20. The summed E-state index contributed by atoms with van der Waals surface area (Å²) in [7, 11) is 0. The van der Waals surface area contributed by atoms with Crippen LogP contribution in [0, 0.1) is 0 Å². The molecule has 1 aromatic heterocycles. The molecule has 1 heteroatoms. The first-order valence-corrected chi connectivity index (χ1v) is 6.77. The van der Waals surface area contributed by atoms with Crippen LogP contribution in [0.3, 0.4) is 0 Å². The van der Waals surface area contributed by atoms with Gasteiger partial charge < -0.3 is 4.57 Å². The van der Waals surface area contributed by atoms with Crippen molar-refractivity contribution in [3.63, 3.8) is 0 Å². The van der Waals surface area contributed by atoms with E-state index in [0.29, 0.717) is 0 Å².